The number of carboxylic acid groups (broad SMARTS) is 1. The van der Waals surface area contributed by atoms with E-state index >= 15 is 0 Å². The van der Waals surface area contributed by atoms with Crippen molar-refractivity contribution in [2.45, 2.75) is 39.3 Å². The molecule has 1 aromatic rings. The van der Waals surface area contributed by atoms with E-state index in [1.807, 2.05) is 20.8 Å². The predicted molar refractivity (Wildman–Crippen MR) is 77.4 cm³/mol. The van der Waals surface area contributed by atoms with Crippen molar-refractivity contribution in [2.75, 3.05) is 0 Å². The molecule has 0 saturated heterocycles. The van der Waals surface area contributed by atoms with Gasteiger partial charge in [-0.25, -0.2) is 9.59 Å². The summed E-state index contributed by atoms with van der Waals surface area (Å²) in [5.41, 5.74) is 0.549. The Kier molecular flexibility index (Phi) is 6.03. The van der Waals surface area contributed by atoms with Crippen LogP contribution in [0.15, 0.2) is 30.3 Å². The van der Waals surface area contributed by atoms with E-state index in [4.69, 9.17) is 0 Å². The van der Waals surface area contributed by atoms with Gasteiger partial charge in [-0.1, -0.05) is 51.1 Å². The molecule has 110 valence electrons. The molecule has 0 fully saturated rings. The second-order valence-electron chi connectivity index (χ2n) is 5.06. The number of carboxylic acids is 1. The summed E-state index contributed by atoms with van der Waals surface area (Å²) in [5.74, 6) is -0.783. The number of aliphatic carboxylic acids is 1. The van der Waals surface area contributed by atoms with Crippen molar-refractivity contribution in [1.82, 2.24) is 10.6 Å². The van der Waals surface area contributed by atoms with Crippen molar-refractivity contribution in [3.8, 4) is 0 Å². The number of hydrogen-bond donors (Lipinski definition) is 3. The first-order valence-corrected chi connectivity index (χ1v) is 6.80. The molecule has 3 N–H and O–H groups in total. The molecular formula is C15H22N2O3. The summed E-state index contributed by atoms with van der Waals surface area (Å²) in [5, 5.41) is 14.5. The first kappa shape index (κ1) is 16.0. The number of carbonyl (C=O) groups is 2. The van der Waals surface area contributed by atoms with Crippen LogP contribution in [0.5, 0.6) is 0 Å². The normalized spacial score (nSPS) is 13.6. The van der Waals surface area contributed by atoms with E-state index in [2.05, 4.69) is 10.6 Å². The maximum Gasteiger partial charge on any atom is 0.330 e. The molecule has 0 heterocycles. The van der Waals surface area contributed by atoms with Gasteiger partial charge in [0.05, 0.1) is 0 Å². The van der Waals surface area contributed by atoms with Crippen molar-refractivity contribution in [1.29, 1.82) is 0 Å². The van der Waals surface area contributed by atoms with E-state index in [-0.39, 0.29) is 6.04 Å². The van der Waals surface area contributed by atoms with Crippen LogP contribution in [-0.2, 0) is 4.79 Å². The Labute approximate surface area is 119 Å². The second-order valence-corrected chi connectivity index (χ2v) is 5.06. The zero-order chi connectivity index (χ0) is 15.1. The second kappa shape index (κ2) is 7.53. The van der Waals surface area contributed by atoms with Gasteiger partial charge in [-0.3, -0.25) is 0 Å². The minimum Gasteiger partial charge on any atom is -0.479 e. The standard InChI is InChI=1S/C15H22N2O3/c1-4-12(10(2)3)16-15(20)17-13(14(18)19)11-8-6-5-7-9-11/h5-10,12-13H,4H2,1-3H3,(H,18,19)(H2,16,17,20)/t12?,13-/m1/s1. The first-order chi connectivity index (χ1) is 9.45. The maximum atomic E-state index is 11.9. The molecule has 0 aliphatic carbocycles. The number of amides is 2. The molecule has 0 aliphatic heterocycles. The summed E-state index contributed by atoms with van der Waals surface area (Å²) in [6.45, 7) is 6.01. The van der Waals surface area contributed by atoms with E-state index in [1.54, 1.807) is 30.3 Å². The largest absolute Gasteiger partial charge is 0.479 e. The first-order valence-electron chi connectivity index (χ1n) is 6.80. The zero-order valence-corrected chi connectivity index (χ0v) is 12.1. The Morgan fingerprint density at radius 2 is 1.75 bits per heavy atom. The van der Waals surface area contributed by atoms with Crippen LogP contribution >= 0.6 is 0 Å². The van der Waals surface area contributed by atoms with Crippen LogP contribution in [0.3, 0.4) is 0 Å². The van der Waals surface area contributed by atoms with E-state index in [9.17, 15) is 14.7 Å². The summed E-state index contributed by atoms with van der Waals surface area (Å²) >= 11 is 0. The number of benzene rings is 1. The van der Waals surface area contributed by atoms with Crippen LogP contribution in [0.25, 0.3) is 0 Å². The van der Waals surface area contributed by atoms with Crippen LogP contribution in [0, 0.1) is 5.92 Å². The molecule has 1 aromatic carbocycles. The highest BCUT2D eigenvalue weighted by atomic mass is 16.4. The molecule has 0 bridgehead atoms. The molecule has 1 rings (SSSR count). The van der Waals surface area contributed by atoms with Gasteiger partial charge in [0.2, 0.25) is 0 Å². The van der Waals surface area contributed by atoms with Crippen molar-refractivity contribution in [2.24, 2.45) is 5.92 Å². The van der Waals surface area contributed by atoms with Gasteiger partial charge >= 0.3 is 12.0 Å². The predicted octanol–water partition coefficient (Wildman–Crippen LogP) is 2.55. The smallest absolute Gasteiger partial charge is 0.330 e. The van der Waals surface area contributed by atoms with Crippen LogP contribution < -0.4 is 10.6 Å². The molecule has 0 saturated carbocycles. The number of urea groups is 1. The Morgan fingerprint density at radius 3 is 2.20 bits per heavy atom. The molecule has 5 heteroatoms. The van der Waals surface area contributed by atoms with Crippen molar-refractivity contribution < 1.29 is 14.7 Å². The van der Waals surface area contributed by atoms with E-state index in [1.165, 1.54) is 0 Å². The van der Waals surface area contributed by atoms with Gasteiger partial charge in [0.25, 0.3) is 0 Å². The molecule has 0 aliphatic rings. The van der Waals surface area contributed by atoms with Crippen LogP contribution in [0.1, 0.15) is 38.8 Å². The van der Waals surface area contributed by atoms with Crippen molar-refractivity contribution in [3.63, 3.8) is 0 Å². The lowest BCUT2D eigenvalue weighted by molar-refractivity contribution is -0.139. The van der Waals surface area contributed by atoms with Crippen molar-refractivity contribution >= 4 is 12.0 Å². The Balaban J connectivity index is 2.72. The van der Waals surface area contributed by atoms with Gasteiger partial charge in [0, 0.05) is 6.04 Å². The average molecular weight is 278 g/mol. The van der Waals surface area contributed by atoms with Gasteiger partial charge in [0.1, 0.15) is 0 Å². The van der Waals surface area contributed by atoms with Gasteiger partial charge < -0.3 is 15.7 Å². The Bertz CT molecular complexity index is 446. The molecule has 0 aromatic heterocycles. The Morgan fingerprint density at radius 1 is 1.15 bits per heavy atom. The minimum absolute atomic E-state index is 0.0280. The summed E-state index contributed by atoms with van der Waals surface area (Å²) in [6, 6.07) is 7.18. The third-order valence-electron chi connectivity index (χ3n) is 3.22. The molecule has 0 spiro atoms. The SMILES string of the molecule is CCC(NC(=O)N[C@@H](C(=O)O)c1ccccc1)C(C)C. The van der Waals surface area contributed by atoms with Gasteiger partial charge in [0.15, 0.2) is 6.04 Å². The quantitative estimate of drug-likeness (QED) is 0.748. The van der Waals surface area contributed by atoms with Gasteiger partial charge in [-0.2, -0.15) is 0 Å². The van der Waals surface area contributed by atoms with E-state index in [0.717, 1.165) is 6.42 Å². The lowest BCUT2D eigenvalue weighted by atomic mass is 10.0. The molecular weight excluding hydrogens is 256 g/mol. The third-order valence-corrected chi connectivity index (χ3v) is 3.22. The molecule has 5 nitrogen and oxygen atoms in total. The maximum absolute atomic E-state index is 11.9. The fraction of sp³-hybridized carbons (Fsp3) is 0.467. The van der Waals surface area contributed by atoms with E-state index < -0.39 is 18.0 Å². The minimum atomic E-state index is -1.08. The highest BCUT2D eigenvalue weighted by Crippen LogP contribution is 2.13. The summed E-state index contributed by atoms with van der Waals surface area (Å²) < 4.78 is 0. The van der Waals surface area contributed by atoms with Gasteiger partial charge in [-0.15, -0.1) is 0 Å². The summed E-state index contributed by atoms with van der Waals surface area (Å²) in [6.07, 6.45) is 0.800. The molecule has 2 atom stereocenters. The number of rotatable bonds is 6. The number of carbonyl (C=O) groups excluding carboxylic acids is 1. The van der Waals surface area contributed by atoms with Crippen LogP contribution in [-0.4, -0.2) is 23.1 Å². The number of hydrogen-bond acceptors (Lipinski definition) is 2. The highest BCUT2D eigenvalue weighted by molar-refractivity contribution is 5.83. The topological polar surface area (TPSA) is 78.4 Å². The fourth-order valence-electron chi connectivity index (χ4n) is 2.01. The van der Waals surface area contributed by atoms with Gasteiger partial charge in [-0.05, 0) is 17.9 Å². The van der Waals surface area contributed by atoms with Crippen LogP contribution in [0.2, 0.25) is 0 Å². The molecule has 0 radical (unpaired) electrons. The van der Waals surface area contributed by atoms with Crippen molar-refractivity contribution in [3.05, 3.63) is 35.9 Å². The summed E-state index contributed by atoms with van der Waals surface area (Å²) in [7, 11) is 0. The fourth-order valence-corrected chi connectivity index (χ4v) is 2.01. The van der Waals surface area contributed by atoms with Crippen LogP contribution in [0.4, 0.5) is 4.79 Å². The Hall–Kier alpha value is -2.04. The third kappa shape index (κ3) is 4.57. The average Bonchev–Trinajstić information content (AvgIpc) is 2.42. The summed E-state index contributed by atoms with van der Waals surface area (Å²) in [4.78, 5) is 23.2. The number of nitrogens with one attached hydrogen (secondary N) is 2. The lowest BCUT2D eigenvalue weighted by Crippen LogP contribution is -2.46. The molecule has 1 unspecified atom stereocenters. The highest BCUT2D eigenvalue weighted by Gasteiger charge is 2.23. The lowest BCUT2D eigenvalue weighted by Gasteiger charge is -2.22. The monoisotopic (exact) mass is 278 g/mol. The zero-order valence-electron chi connectivity index (χ0n) is 12.1. The molecule has 20 heavy (non-hydrogen) atoms. The molecule has 2 amide bonds. The van der Waals surface area contributed by atoms with E-state index in [0.29, 0.717) is 11.5 Å².